The molecule has 1 heterocycles. The van der Waals surface area contributed by atoms with Crippen molar-refractivity contribution >= 4 is 0 Å². The molecular weight excluding hydrogens is 178 g/mol. The van der Waals surface area contributed by atoms with Gasteiger partial charge in [0.2, 0.25) is 5.88 Å². The minimum Gasteiger partial charge on any atom is -0.506 e. The van der Waals surface area contributed by atoms with Crippen LogP contribution in [0.25, 0.3) is 0 Å². The van der Waals surface area contributed by atoms with Crippen molar-refractivity contribution in [1.29, 1.82) is 0 Å². The molecular formula is C11H19NO2. The van der Waals surface area contributed by atoms with Crippen molar-refractivity contribution in [2.75, 3.05) is 6.61 Å². The highest BCUT2D eigenvalue weighted by Gasteiger charge is 2.04. The summed E-state index contributed by atoms with van der Waals surface area (Å²) in [6.07, 6.45) is 0. The molecule has 1 aromatic heterocycles. The summed E-state index contributed by atoms with van der Waals surface area (Å²) >= 11 is 0. The van der Waals surface area contributed by atoms with Crippen LogP contribution in [0.5, 0.6) is 11.6 Å². The molecule has 0 radical (unpaired) electrons. The van der Waals surface area contributed by atoms with Gasteiger partial charge in [-0.15, -0.1) is 0 Å². The van der Waals surface area contributed by atoms with Gasteiger partial charge in [-0.05, 0) is 26.3 Å². The predicted octanol–water partition coefficient (Wildman–Crippen LogP) is 2.83. The number of aryl methyl sites for hydroxylation is 2. The van der Waals surface area contributed by atoms with E-state index in [2.05, 4.69) is 4.98 Å². The monoisotopic (exact) mass is 197 g/mol. The highest BCUT2D eigenvalue weighted by Crippen LogP contribution is 2.23. The Morgan fingerprint density at radius 3 is 2.36 bits per heavy atom. The smallest absolute Gasteiger partial charge is 0.213 e. The molecule has 0 saturated carbocycles. The summed E-state index contributed by atoms with van der Waals surface area (Å²) in [7, 11) is 0. The molecule has 0 aromatic carbocycles. The van der Waals surface area contributed by atoms with Crippen LogP contribution in [0.1, 0.15) is 32.0 Å². The zero-order valence-corrected chi connectivity index (χ0v) is 9.59. The van der Waals surface area contributed by atoms with Gasteiger partial charge in [0, 0.05) is 6.07 Å². The Morgan fingerprint density at radius 2 is 1.93 bits per heavy atom. The maximum Gasteiger partial charge on any atom is 0.213 e. The number of nitrogens with zero attached hydrogens (tertiary/aromatic N) is 1. The Morgan fingerprint density at radius 1 is 1.36 bits per heavy atom. The predicted molar refractivity (Wildman–Crippen MR) is 57.9 cm³/mol. The van der Waals surface area contributed by atoms with E-state index in [1.54, 1.807) is 13.0 Å². The second-order valence-electron chi connectivity index (χ2n) is 2.64. The van der Waals surface area contributed by atoms with Gasteiger partial charge < -0.3 is 9.84 Å². The number of aromatic hydroxyl groups is 1. The standard InChI is InChI=1S/C9H13NO2.C2H6/c1-4-12-8-5-6(2)9(11)7(3)10-8;1-2/h5,11H,4H2,1-3H3;1-2H3. The quantitative estimate of drug-likeness (QED) is 0.792. The number of ether oxygens (including phenoxy) is 1. The lowest BCUT2D eigenvalue weighted by Crippen LogP contribution is -1.96. The maximum atomic E-state index is 9.38. The molecule has 3 heteroatoms. The van der Waals surface area contributed by atoms with Crippen molar-refractivity contribution in [2.24, 2.45) is 0 Å². The van der Waals surface area contributed by atoms with E-state index in [4.69, 9.17) is 4.74 Å². The molecule has 1 rings (SSSR count). The molecule has 3 nitrogen and oxygen atoms in total. The van der Waals surface area contributed by atoms with Crippen molar-refractivity contribution < 1.29 is 9.84 Å². The molecule has 0 spiro atoms. The van der Waals surface area contributed by atoms with Gasteiger partial charge in [0.15, 0.2) is 0 Å². The average molecular weight is 197 g/mol. The van der Waals surface area contributed by atoms with E-state index in [0.29, 0.717) is 18.2 Å². The summed E-state index contributed by atoms with van der Waals surface area (Å²) in [6.45, 7) is 10.1. The average Bonchev–Trinajstić information content (AvgIpc) is 2.18. The van der Waals surface area contributed by atoms with Gasteiger partial charge in [-0.25, -0.2) is 4.98 Å². The summed E-state index contributed by atoms with van der Waals surface area (Å²) in [5.74, 6) is 0.823. The van der Waals surface area contributed by atoms with Gasteiger partial charge in [-0.1, -0.05) is 13.8 Å². The van der Waals surface area contributed by atoms with Crippen LogP contribution < -0.4 is 4.74 Å². The van der Waals surface area contributed by atoms with Crippen LogP contribution in [0.15, 0.2) is 6.07 Å². The van der Waals surface area contributed by atoms with Crippen molar-refractivity contribution in [2.45, 2.75) is 34.6 Å². The van der Waals surface area contributed by atoms with Crippen LogP contribution in [0, 0.1) is 13.8 Å². The molecule has 0 amide bonds. The van der Waals surface area contributed by atoms with Crippen LogP contribution in [0.4, 0.5) is 0 Å². The topological polar surface area (TPSA) is 42.4 Å². The fourth-order valence-corrected chi connectivity index (χ4v) is 1.01. The van der Waals surface area contributed by atoms with Gasteiger partial charge in [0.05, 0.1) is 12.3 Å². The summed E-state index contributed by atoms with van der Waals surface area (Å²) < 4.78 is 5.20. The van der Waals surface area contributed by atoms with Gasteiger partial charge in [-0.2, -0.15) is 0 Å². The summed E-state index contributed by atoms with van der Waals surface area (Å²) in [6, 6.07) is 1.73. The zero-order valence-electron chi connectivity index (χ0n) is 9.59. The lowest BCUT2D eigenvalue weighted by atomic mass is 10.2. The van der Waals surface area contributed by atoms with E-state index in [0.717, 1.165) is 5.56 Å². The Kier molecular flexibility index (Phi) is 5.68. The number of hydrogen-bond acceptors (Lipinski definition) is 3. The van der Waals surface area contributed by atoms with Crippen molar-refractivity contribution in [3.8, 4) is 11.6 Å². The first-order chi connectivity index (χ1) is 6.65. The van der Waals surface area contributed by atoms with E-state index in [-0.39, 0.29) is 5.75 Å². The van der Waals surface area contributed by atoms with Crippen LogP contribution in [-0.4, -0.2) is 16.7 Å². The third-order valence-corrected chi connectivity index (χ3v) is 1.63. The van der Waals surface area contributed by atoms with E-state index in [1.807, 2.05) is 27.7 Å². The van der Waals surface area contributed by atoms with Crippen molar-refractivity contribution in [3.05, 3.63) is 17.3 Å². The number of rotatable bonds is 2. The van der Waals surface area contributed by atoms with Gasteiger partial charge in [-0.3, -0.25) is 0 Å². The first-order valence-electron chi connectivity index (χ1n) is 4.95. The summed E-state index contributed by atoms with van der Waals surface area (Å²) in [5, 5.41) is 9.38. The van der Waals surface area contributed by atoms with Gasteiger partial charge in [0.1, 0.15) is 5.75 Å². The van der Waals surface area contributed by atoms with Crippen LogP contribution >= 0.6 is 0 Å². The molecule has 0 aliphatic heterocycles. The molecule has 0 unspecified atom stereocenters. The molecule has 1 N–H and O–H groups in total. The fourth-order valence-electron chi connectivity index (χ4n) is 1.01. The van der Waals surface area contributed by atoms with E-state index in [9.17, 15) is 5.11 Å². The third-order valence-electron chi connectivity index (χ3n) is 1.63. The molecule has 0 aliphatic carbocycles. The van der Waals surface area contributed by atoms with Gasteiger partial charge >= 0.3 is 0 Å². The molecule has 14 heavy (non-hydrogen) atoms. The second-order valence-corrected chi connectivity index (χ2v) is 2.64. The van der Waals surface area contributed by atoms with Gasteiger partial charge in [0.25, 0.3) is 0 Å². The molecule has 80 valence electrons. The van der Waals surface area contributed by atoms with E-state index >= 15 is 0 Å². The Bertz CT molecular complexity index is 262. The molecule has 0 fully saturated rings. The SMILES string of the molecule is CC.CCOc1cc(C)c(O)c(C)n1. The molecule has 0 bridgehead atoms. The van der Waals surface area contributed by atoms with E-state index in [1.165, 1.54) is 0 Å². The number of pyridine rings is 1. The number of hydrogen-bond donors (Lipinski definition) is 1. The van der Waals surface area contributed by atoms with Crippen LogP contribution in [-0.2, 0) is 0 Å². The summed E-state index contributed by atoms with van der Waals surface area (Å²) in [5.41, 5.74) is 1.41. The Labute approximate surface area is 85.8 Å². The normalized spacial score (nSPS) is 8.93. The first kappa shape index (κ1) is 12.8. The number of aromatic nitrogens is 1. The summed E-state index contributed by atoms with van der Waals surface area (Å²) in [4.78, 5) is 4.05. The highest BCUT2D eigenvalue weighted by molar-refractivity contribution is 5.37. The maximum absolute atomic E-state index is 9.38. The van der Waals surface area contributed by atoms with Crippen molar-refractivity contribution in [3.63, 3.8) is 0 Å². The largest absolute Gasteiger partial charge is 0.506 e. The zero-order chi connectivity index (χ0) is 11.1. The molecule has 1 aromatic rings. The Hall–Kier alpha value is -1.25. The fraction of sp³-hybridized carbons (Fsp3) is 0.545. The minimum atomic E-state index is 0.249. The third kappa shape index (κ3) is 3.24. The van der Waals surface area contributed by atoms with Crippen molar-refractivity contribution in [1.82, 2.24) is 4.98 Å². The van der Waals surface area contributed by atoms with Crippen LogP contribution in [0.2, 0.25) is 0 Å². The van der Waals surface area contributed by atoms with E-state index < -0.39 is 0 Å². The minimum absolute atomic E-state index is 0.249. The second kappa shape index (κ2) is 6.24. The Balaban J connectivity index is 0.000000791. The molecule has 0 saturated heterocycles. The van der Waals surface area contributed by atoms with Crippen LogP contribution in [0.3, 0.4) is 0 Å². The lowest BCUT2D eigenvalue weighted by molar-refractivity contribution is 0.324. The highest BCUT2D eigenvalue weighted by atomic mass is 16.5. The molecule has 0 aliphatic rings. The molecule has 0 atom stereocenters. The lowest BCUT2D eigenvalue weighted by Gasteiger charge is -2.06. The first-order valence-corrected chi connectivity index (χ1v) is 4.95.